The van der Waals surface area contributed by atoms with Gasteiger partial charge in [-0.05, 0) is 25.3 Å². The highest BCUT2D eigenvalue weighted by molar-refractivity contribution is 5.94. The standard InChI is InChI=1S/C14H18N2O3/c17-13-7-11(3-5-15-13)14(18)16(12-1-2-12)8-10-4-6-19-9-10/h3,5,7,10,12H,1-2,4,6,8-9H2,(H,15,17). The number of carbonyl (C=O) groups is 1. The van der Waals surface area contributed by atoms with Crippen LogP contribution in [0.4, 0.5) is 0 Å². The van der Waals surface area contributed by atoms with Crippen molar-refractivity contribution in [2.24, 2.45) is 5.92 Å². The Kier molecular flexibility index (Phi) is 3.38. The van der Waals surface area contributed by atoms with Crippen molar-refractivity contribution in [1.82, 2.24) is 9.88 Å². The number of pyridine rings is 1. The lowest BCUT2D eigenvalue weighted by molar-refractivity contribution is 0.0706. The zero-order valence-corrected chi connectivity index (χ0v) is 10.8. The predicted octanol–water partition coefficient (Wildman–Crippen LogP) is 1.02. The smallest absolute Gasteiger partial charge is 0.254 e. The van der Waals surface area contributed by atoms with Gasteiger partial charge in [0.1, 0.15) is 0 Å². The lowest BCUT2D eigenvalue weighted by Crippen LogP contribution is -2.37. The van der Waals surface area contributed by atoms with E-state index in [0.717, 1.165) is 39.0 Å². The molecule has 1 aromatic heterocycles. The van der Waals surface area contributed by atoms with E-state index in [9.17, 15) is 9.59 Å². The molecule has 2 aliphatic rings. The van der Waals surface area contributed by atoms with Gasteiger partial charge in [-0.25, -0.2) is 0 Å². The summed E-state index contributed by atoms with van der Waals surface area (Å²) in [6, 6.07) is 3.40. The minimum atomic E-state index is -0.231. The van der Waals surface area contributed by atoms with Crippen LogP contribution in [0.5, 0.6) is 0 Å². The Morgan fingerprint density at radius 1 is 1.42 bits per heavy atom. The Labute approximate surface area is 111 Å². The van der Waals surface area contributed by atoms with Gasteiger partial charge in [-0.1, -0.05) is 0 Å². The topological polar surface area (TPSA) is 62.4 Å². The summed E-state index contributed by atoms with van der Waals surface area (Å²) in [5, 5.41) is 0. The average Bonchev–Trinajstić information content (AvgIpc) is 3.12. The van der Waals surface area contributed by atoms with Crippen LogP contribution in [0.15, 0.2) is 23.1 Å². The molecular formula is C14H18N2O3. The Bertz CT molecular complexity index is 515. The Morgan fingerprint density at radius 2 is 2.26 bits per heavy atom. The molecule has 1 aromatic rings. The number of aromatic nitrogens is 1. The number of aromatic amines is 1. The van der Waals surface area contributed by atoms with E-state index in [-0.39, 0.29) is 11.5 Å². The number of ether oxygens (including phenoxy) is 1. The maximum absolute atomic E-state index is 12.5. The van der Waals surface area contributed by atoms with Gasteiger partial charge in [-0.2, -0.15) is 0 Å². The molecular weight excluding hydrogens is 244 g/mol. The summed E-state index contributed by atoms with van der Waals surface area (Å²) in [5.41, 5.74) is 0.250. The van der Waals surface area contributed by atoms with Crippen LogP contribution in [0.25, 0.3) is 0 Å². The van der Waals surface area contributed by atoms with Gasteiger partial charge in [0.05, 0.1) is 6.61 Å². The molecule has 1 saturated heterocycles. The van der Waals surface area contributed by atoms with Gasteiger partial charge in [0, 0.05) is 42.9 Å². The third kappa shape index (κ3) is 2.87. The molecule has 1 N–H and O–H groups in total. The van der Waals surface area contributed by atoms with Crippen molar-refractivity contribution in [3.8, 4) is 0 Å². The summed E-state index contributed by atoms with van der Waals surface area (Å²) in [6.07, 6.45) is 4.69. The highest BCUT2D eigenvalue weighted by Crippen LogP contribution is 2.30. The zero-order chi connectivity index (χ0) is 13.2. The lowest BCUT2D eigenvalue weighted by atomic mass is 10.1. The van der Waals surface area contributed by atoms with Gasteiger partial charge in [-0.15, -0.1) is 0 Å². The Hall–Kier alpha value is -1.62. The maximum atomic E-state index is 12.5. The summed E-state index contributed by atoms with van der Waals surface area (Å²) in [7, 11) is 0. The molecule has 1 amide bonds. The molecule has 19 heavy (non-hydrogen) atoms. The molecule has 5 heteroatoms. The first-order chi connectivity index (χ1) is 9.24. The summed E-state index contributed by atoms with van der Waals surface area (Å²) >= 11 is 0. The molecule has 102 valence electrons. The first-order valence-corrected chi connectivity index (χ1v) is 6.81. The van der Waals surface area contributed by atoms with Gasteiger partial charge in [0.2, 0.25) is 5.56 Å². The molecule has 5 nitrogen and oxygen atoms in total. The summed E-state index contributed by atoms with van der Waals surface area (Å²) in [6.45, 7) is 2.28. The normalized spacial score (nSPS) is 22.4. The summed E-state index contributed by atoms with van der Waals surface area (Å²) in [5.74, 6) is 0.409. The van der Waals surface area contributed by atoms with Crippen LogP contribution in [0.1, 0.15) is 29.6 Å². The minimum absolute atomic E-state index is 0.0273. The molecule has 1 atom stereocenters. The Balaban J connectivity index is 1.75. The molecule has 2 heterocycles. The van der Waals surface area contributed by atoms with Gasteiger partial charge in [0.25, 0.3) is 5.91 Å². The fraction of sp³-hybridized carbons (Fsp3) is 0.571. The molecule has 0 radical (unpaired) electrons. The second-order valence-corrected chi connectivity index (χ2v) is 5.36. The number of rotatable bonds is 4. The fourth-order valence-corrected chi connectivity index (χ4v) is 2.53. The number of H-pyrrole nitrogens is 1. The minimum Gasteiger partial charge on any atom is -0.381 e. The number of nitrogens with one attached hydrogen (secondary N) is 1. The molecule has 0 aromatic carbocycles. The number of nitrogens with zero attached hydrogens (tertiary/aromatic N) is 1. The van der Waals surface area contributed by atoms with Gasteiger partial charge >= 0.3 is 0 Å². The fourth-order valence-electron chi connectivity index (χ4n) is 2.53. The van der Waals surface area contributed by atoms with E-state index in [2.05, 4.69) is 4.98 Å². The van der Waals surface area contributed by atoms with E-state index in [4.69, 9.17) is 4.74 Å². The number of hydrogen-bond acceptors (Lipinski definition) is 3. The third-order valence-corrected chi connectivity index (χ3v) is 3.75. The van der Waals surface area contributed by atoms with Crippen LogP contribution in [-0.4, -0.2) is 41.6 Å². The molecule has 3 rings (SSSR count). The number of amides is 1. The Morgan fingerprint density at radius 3 is 2.89 bits per heavy atom. The molecule has 0 spiro atoms. The van der Waals surface area contributed by atoms with Gasteiger partial charge in [-0.3, -0.25) is 9.59 Å². The molecule has 1 aliphatic carbocycles. The molecule has 0 bridgehead atoms. The number of carbonyl (C=O) groups excluding carboxylic acids is 1. The highest BCUT2D eigenvalue weighted by Gasteiger charge is 2.35. The van der Waals surface area contributed by atoms with E-state index >= 15 is 0 Å². The van der Waals surface area contributed by atoms with Crippen molar-refractivity contribution in [2.75, 3.05) is 19.8 Å². The summed E-state index contributed by atoms with van der Waals surface area (Å²) < 4.78 is 5.37. The van der Waals surface area contributed by atoms with Crippen LogP contribution in [0.3, 0.4) is 0 Å². The highest BCUT2D eigenvalue weighted by atomic mass is 16.5. The zero-order valence-electron chi connectivity index (χ0n) is 10.8. The van der Waals surface area contributed by atoms with Crippen molar-refractivity contribution in [3.05, 3.63) is 34.2 Å². The first kappa shape index (κ1) is 12.4. The third-order valence-electron chi connectivity index (χ3n) is 3.75. The SMILES string of the molecule is O=C(c1cc[nH]c(=O)c1)N(CC1CCOC1)C1CC1. The lowest BCUT2D eigenvalue weighted by Gasteiger charge is -2.25. The van der Waals surface area contributed by atoms with Crippen molar-refractivity contribution in [3.63, 3.8) is 0 Å². The van der Waals surface area contributed by atoms with Crippen LogP contribution in [0, 0.1) is 5.92 Å². The van der Waals surface area contributed by atoms with Crippen molar-refractivity contribution in [1.29, 1.82) is 0 Å². The van der Waals surface area contributed by atoms with Crippen molar-refractivity contribution >= 4 is 5.91 Å². The molecule has 2 fully saturated rings. The van der Waals surface area contributed by atoms with Crippen molar-refractivity contribution in [2.45, 2.75) is 25.3 Å². The van der Waals surface area contributed by atoms with E-state index < -0.39 is 0 Å². The van der Waals surface area contributed by atoms with E-state index in [1.165, 1.54) is 12.3 Å². The molecule has 1 aliphatic heterocycles. The van der Waals surface area contributed by atoms with E-state index in [1.54, 1.807) is 6.07 Å². The largest absolute Gasteiger partial charge is 0.381 e. The quantitative estimate of drug-likeness (QED) is 0.881. The van der Waals surface area contributed by atoms with Crippen LogP contribution >= 0.6 is 0 Å². The van der Waals surface area contributed by atoms with Crippen LogP contribution < -0.4 is 5.56 Å². The first-order valence-electron chi connectivity index (χ1n) is 6.81. The second-order valence-electron chi connectivity index (χ2n) is 5.36. The van der Waals surface area contributed by atoms with Crippen LogP contribution in [-0.2, 0) is 4.74 Å². The number of hydrogen-bond donors (Lipinski definition) is 1. The second kappa shape index (κ2) is 5.17. The monoisotopic (exact) mass is 262 g/mol. The summed E-state index contributed by atoms with van der Waals surface area (Å²) in [4.78, 5) is 28.3. The van der Waals surface area contributed by atoms with Crippen LogP contribution in [0.2, 0.25) is 0 Å². The maximum Gasteiger partial charge on any atom is 0.254 e. The predicted molar refractivity (Wildman–Crippen MR) is 70.0 cm³/mol. The van der Waals surface area contributed by atoms with Crippen molar-refractivity contribution < 1.29 is 9.53 Å². The molecule has 1 unspecified atom stereocenters. The van der Waals surface area contributed by atoms with E-state index in [0.29, 0.717) is 17.5 Å². The van der Waals surface area contributed by atoms with Gasteiger partial charge < -0.3 is 14.6 Å². The van der Waals surface area contributed by atoms with E-state index in [1.807, 2.05) is 4.90 Å². The average molecular weight is 262 g/mol. The van der Waals surface area contributed by atoms with Gasteiger partial charge in [0.15, 0.2) is 0 Å². The molecule has 1 saturated carbocycles.